The highest BCUT2D eigenvalue weighted by atomic mass is 16.5. The van der Waals surface area contributed by atoms with E-state index in [-0.39, 0.29) is 31.3 Å². The molecule has 1 unspecified atom stereocenters. The van der Waals surface area contributed by atoms with Gasteiger partial charge in [-0.1, -0.05) is 6.92 Å². The summed E-state index contributed by atoms with van der Waals surface area (Å²) in [5.41, 5.74) is 0.564. The smallest absolute Gasteiger partial charge is 0.323 e. The molecule has 8 nitrogen and oxygen atoms in total. The Balaban J connectivity index is 2.19. The van der Waals surface area contributed by atoms with Crippen molar-refractivity contribution >= 4 is 23.5 Å². The summed E-state index contributed by atoms with van der Waals surface area (Å²) in [6, 6.07) is 5.10. The maximum Gasteiger partial charge on any atom is 0.323 e. The number of aliphatic carboxylic acids is 1. The number of hydrogen-bond acceptors (Lipinski definition) is 5. The fourth-order valence-electron chi connectivity index (χ4n) is 3.07. The molecule has 1 atom stereocenters. The monoisotopic (exact) mass is 364 g/mol. The second-order valence-corrected chi connectivity index (χ2v) is 6.10. The first-order valence-corrected chi connectivity index (χ1v) is 8.44. The number of rotatable bonds is 8. The van der Waals surface area contributed by atoms with E-state index in [1.54, 1.807) is 18.2 Å². The number of anilines is 1. The Hall–Kier alpha value is -2.77. The van der Waals surface area contributed by atoms with Gasteiger partial charge in [0.15, 0.2) is 0 Å². The quantitative estimate of drug-likeness (QED) is 0.749. The van der Waals surface area contributed by atoms with E-state index < -0.39 is 11.9 Å². The summed E-state index contributed by atoms with van der Waals surface area (Å²) in [6.45, 7) is 2.06. The molecule has 1 aromatic carbocycles. The van der Waals surface area contributed by atoms with Gasteiger partial charge in [-0.2, -0.15) is 0 Å². The van der Waals surface area contributed by atoms with Crippen LogP contribution >= 0.6 is 0 Å². The standard InChI is InChI=1S/C18H24N2O6/c1-4-7-19(11-17(22)23)18(24)12-8-16(21)20(10-12)14-6-5-13(25-2)9-15(14)26-3/h5-6,9,12H,4,7-8,10-11H2,1-3H3,(H,22,23). The number of hydrogen-bond donors (Lipinski definition) is 1. The molecule has 26 heavy (non-hydrogen) atoms. The van der Waals surface area contributed by atoms with Crippen LogP contribution in [0, 0.1) is 5.92 Å². The summed E-state index contributed by atoms with van der Waals surface area (Å²) in [6.07, 6.45) is 0.698. The highest BCUT2D eigenvalue weighted by Gasteiger charge is 2.38. The van der Waals surface area contributed by atoms with Crippen LogP contribution in [0.2, 0.25) is 0 Å². The zero-order chi connectivity index (χ0) is 19.3. The van der Waals surface area contributed by atoms with Crippen molar-refractivity contribution in [2.24, 2.45) is 5.92 Å². The highest BCUT2D eigenvalue weighted by molar-refractivity contribution is 6.01. The number of nitrogens with zero attached hydrogens (tertiary/aromatic N) is 2. The minimum atomic E-state index is -1.06. The SMILES string of the molecule is CCCN(CC(=O)O)C(=O)C1CC(=O)N(c2ccc(OC)cc2OC)C1. The van der Waals surface area contributed by atoms with Gasteiger partial charge >= 0.3 is 5.97 Å². The zero-order valence-electron chi connectivity index (χ0n) is 15.2. The van der Waals surface area contributed by atoms with Crippen LogP contribution in [0.4, 0.5) is 5.69 Å². The highest BCUT2D eigenvalue weighted by Crippen LogP contribution is 2.36. The average molecular weight is 364 g/mol. The number of methoxy groups -OCH3 is 2. The second kappa shape index (κ2) is 8.55. The maximum atomic E-state index is 12.7. The molecule has 1 heterocycles. The van der Waals surface area contributed by atoms with Crippen molar-refractivity contribution in [3.8, 4) is 11.5 Å². The topological polar surface area (TPSA) is 96.4 Å². The Morgan fingerprint density at radius 2 is 2.04 bits per heavy atom. The summed E-state index contributed by atoms with van der Waals surface area (Å²) in [4.78, 5) is 39.0. The van der Waals surface area contributed by atoms with Crippen LogP contribution in [0.5, 0.6) is 11.5 Å². The van der Waals surface area contributed by atoms with Crippen LogP contribution in [0.25, 0.3) is 0 Å². The lowest BCUT2D eigenvalue weighted by atomic mass is 10.1. The molecule has 1 aliphatic heterocycles. The summed E-state index contributed by atoms with van der Waals surface area (Å²) < 4.78 is 10.5. The predicted molar refractivity (Wildman–Crippen MR) is 94.5 cm³/mol. The van der Waals surface area contributed by atoms with Crippen LogP contribution in [0.15, 0.2) is 18.2 Å². The van der Waals surface area contributed by atoms with Gasteiger partial charge in [0.25, 0.3) is 0 Å². The molecule has 0 saturated carbocycles. The fourth-order valence-corrected chi connectivity index (χ4v) is 3.07. The van der Waals surface area contributed by atoms with Gasteiger partial charge in [0.1, 0.15) is 18.0 Å². The molecule has 2 rings (SSSR count). The number of ether oxygens (including phenoxy) is 2. The molecule has 8 heteroatoms. The fraction of sp³-hybridized carbons (Fsp3) is 0.500. The molecule has 1 saturated heterocycles. The van der Waals surface area contributed by atoms with E-state index in [1.165, 1.54) is 24.0 Å². The van der Waals surface area contributed by atoms with E-state index in [2.05, 4.69) is 0 Å². The first kappa shape index (κ1) is 19.6. The number of carbonyl (C=O) groups excluding carboxylic acids is 2. The predicted octanol–water partition coefficient (Wildman–Crippen LogP) is 1.38. The molecular weight excluding hydrogens is 340 g/mol. The zero-order valence-corrected chi connectivity index (χ0v) is 15.2. The Morgan fingerprint density at radius 1 is 1.31 bits per heavy atom. The van der Waals surface area contributed by atoms with Gasteiger partial charge in [0, 0.05) is 25.6 Å². The van der Waals surface area contributed by atoms with Gasteiger partial charge in [0.05, 0.1) is 25.8 Å². The lowest BCUT2D eigenvalue weighted by molar-refractivity contribution is -0.146. The first-order chi connectivity index (χ1) is 12.4. The second-order valence-electron chi connectivity index (χ2n) is 6.10. The third kappa shape index (κ3) is 4.25. The lowest BCUT2D eigenvalue weighted by Gasteiger charge is -2.24. The van der Waals surface area contributed by atoms with E-state index >= 15 is 0 Å². The number of carboxylic acids is 1. The van der Waals surface area contributed by atoms with E-state index in [0.717, 1.165) is 0 Å². The summed E-state index contributed by atoms with van der Waals surface area (Å²) in [5.74, 6) is -1.07. The molecule has 1 aliphatic rings. The molecule has 0 aromatic heterocycles. The lowest BCUT2D eigenvalue weighted by Crippen LogP contribution is -2.41. The molecule has 142 valence electrons. The Bertz CT molecular complexity index is 690. The summed E-state index contributed by atoms with van der Waals surface area (Å²) in [5, 5.41) is 9.00. The van der Waals surface area contributed by atoms with Crippen molar-refractivity contribution in [3.63, 3.8) is 0 Å². The van der Waals surface area contributed by atoms with Gasteiger partial charge < -0.3 is 24.4 Å². The van der Waals surface area contributed by atoms with Crippen LogP contribution < -0.4 is 14.4 Å². The van der Waals surface area contributed by atoms with E-state index in [9.17, 15) is 14.4 Å². The van der Waals surface area contributed by atoms with Crippen LogP contribution in [-0.4, -0.2) is 61.6 Å². The molecule has 0 bridgehead atoms. The van der Waals surface area contributed by atoms with Gasteiger partial charge in [-0.25, -0.2) is 0 Å². The number of amides is 2. The summed E-state index contributed by atoms with van der Waals surface area (Å²) in [7, 11) is 3.03. The van der Waals surface area contributed by atoms with Gasteiger partial charge in [0.2, 0.25) is 11.8 Å². The van der Waals surface area contributed by atoms with Crippen LogP contribution in [0.3, 0.4) is 0 Å². The minimum Gasteiger partial charge on any atom is -0.497 e. The van der Waals surface area contributed by atoms with Crippen molar-refractivity contribution in [1.82, 2.24) is 4.90 Å². The Labute approximate surface area is 152 Å². The van der Waals surface area contributed by atoms with Crippen molar-refractivity contribution in [3.05, 3.63) is 18.2 Å². The molecule has 1 N–H and O–H groups in total. The molecule has 0 spiro atoms. The van der Waals surface area contributed by atoms with Crippen molar-refractivity contribution in [1.29, 1.82) is 0 Å². The van der Waals surface area contributed by atoms with E-state index in [1.807, 2.05) is 6.92 Å². The Kier molecular flexibility index (Phi) is 6.43. The van der Waals surface area contributed by atoms with Crippen molar-refractivity contribution in [2.45, 2.75) is 19.8 Å². The third-order valence-corrected chi connectivity index (χ3v) is 4.28. The molecule has 1 aromatic rings. The normalized spacial score (nSPS) is 16.5. The van der Waals surface area contributed by atoms with Crippen LogP contribution in [0.1, 0.15) is 19.8 Å². The third-order valence-electron chi connectivity index (χ3n) is 4.28. The maximum absolute atomic E-state index is 12.7. The van der Waals surface area contributed by atoms with E-state index in [0.29, 0.717) is 30.2 Å². The van der Waals surface area contributed by atoms with Crippen molar-refractivity contribution < 1.29 is 29.0 Å². The average Bonchev–Trinajstić information content (AvgIpc) is 3.01. The minimum absolute atomic E-state index is 0.0495. The molecule has 1 fully saturated rings. The number of carbonyl (C=O) groups is 3. The first-order valence-electron chi connectivity index (χ1n) is 8.44. The largest absolute Gasteiger partial charge is 0.497 e. The molecule has 0 radical (unpaired) electrons. The molecule has 0 aliphatic carbocycles. The van der Waals surface area contributed by atoms with E-state index in [4.69, 9.17) is 14.6 Å². The van der Waals surface area contributed by atoms with Crippen molar-refractivity contribution in [2.75, 3.05) is 38.8 Å². The Morgan fingerprint density at radius 3 is 2.62 bits per heavy atom. The summed E-state index contributed by atoms with van der Waals surface area (Å²) >= 11 is 0. The van der Waals surface area contributed by atoms with Gasteiger partial charge in [-0.15, -0.1) is 0 Å². The van der Waals surface area contributed by atoms with Crippen LogP contribution in [-0.2, 0) is 14.4 Å². The number of benzene rings is 1. The van der Waals surface area contributed by atoms with Gasteiger partial charge in [-0.3, -0.25) is 14.4 Å². The molecule has 2 amide bonds. The van der Waals surface area contributed by atoms with Gasteiger partial charge in [-0.05, 0) is 18.6 Å². The molecular formula is C18H24N2O6. The number of carboxylic acid groups (broad SMARTS) is 1.